The van der Waals surface area contributed by atoms with Crippen molar-refractivity contribution in [2.45, 2.75) is 23.8 Å². The summed E-state index contributed by atoms with van der Waals surface area (Å²) in [6.07, 6.45) is 2.18. The van der Waals surface area contributed by atoms with Gasteiger partial charge in [-0.15, -0.1) is 0 Å². The third-order valence-corrected chi connectivity index (χ3v) is 4.32. The third-order valence-electron chi connectivity index (χ3n) is 1.97. The molecular formula is C6H11F2NO2S2. The fourth-order valence-electron chi connectivity index (χ4n) is 1.26. The van der Waals surface area contributed by atoms with E-state index in [9.17, 15) is 17.2 Å². The van der Waals surface area contributed by atoms with Gasteiger partial charge in [0.1, 0.15) is 0 Å². The number of piperidine rings is 1. The zero-order valence-corrected chi connectivity index (χ0v) is 8.62. The zero-order chi connectivity index (χ0) is 10.1. The van der Waals surface area contributed by atoms with Gasteiger partial charge in [-0.05, 0) is 12.8 Å². The van der Waals surface area contributed by atoms with Crippen LogP contribution in [0.15, 0.2) is 0 Å². The van der Waals surface area contributed by atoms with Gasteiger partial charge in [0, 0.05) is 13.1 Å². The van der Waals surface area contributed by atoms with Crippen molar-refractivity contribution in [1.82, 2.24) is 4.31 Å². The lowest BCUT2D eigenvalue weighted by molar-refractivity contribution is 0.181. The molecule has 0 saturated carbocycles. The smallest absolute Gasteiger partial charge is 0.205 e. The molecule has 1 aliphatic rings. The molecule has 0 unspecified atom stereocenters. The number of sulfonamides is 1. The van der Waals surface area contributed by atoms with Crippen molar-refractivity contribution >= 4 is 22.7 Å². The molecule has 7 heteroatoms. The van der Waals surface area contributed by atoms with Crippen LogP contribution in [-0.4, -0.2) is 30.4 Å². The first-order valence-electron chi connectivity index (χ1n) is 3.95. The van der Waals surface area contributed by atoms with E-state index in [1.54, 1.807) is 0 Å². The molecule has 78 valence electrons. The van der Waals surface area contributed by atoms with Crippen LogP contribution >= 0.6 is 12.6 Å². The summed E-state index contributed by atoms with van der Waals surface area (Å²) in [5, 5.41) is 0. The number of alkyl halides is 2. The largest absolute Gasteiger partial charge is 0.404 e. The Bertz CT molecular complexity index is 267. The predicted molar refractivity (Wildman–Crippen MR) is 48.3 cm³/mol. The minimum atomic E-state index is -4.54. The van der Waals surface area contributed by atoms with E-state index in [-0.39, 0.29) is 13.1 Å². The van der Waals surface area contributed by atoms with Crippen molar-refractivity contribution in [2.24, 2.45) is 0 Å². The van der Waals surface area contributed by atoms with Crippen molar-refractivity contribution in [2.75, 3.05) is 13.1 Å². The topological polar surface area (TPSA) is 37.4 Å². The molecule has 13 heavy (non-hydrogen) atoms. The highest BCUT2D eigenvalue weighted by atomic mass is 32.3. The van der Waals surface area contributed by atoms with Crippen molar-refractivity contribution < 1.29 is 17.2 Å². The van der Waals surface area contributed by atoms with Crippen molar-refractivity contribution in [1.29, 1.82) is 0 Å². The fourth-order valence-corrected chi connectivity index (χ4v) is 2.66. The van der Waals surface area contributed by atoms with E-state index in [1.807, 2.05) is 0 Å². The van der Waals surface area contributed by atoms with Crippen LogP contribution in [0.4, 0.5) is 8.78 Å². The Kier molecular flexibility index (Phi) is 3.19. The molecule has 0 N–H and O–H groups in total. The molecule has 0 aromatic heterocycles. The molecule has 0 amide bonds. The summed E-state index contributed by atoms with van der Waals surface area (Å²) in [6, 6.07) is 0. The Balaban J connectivity index is 2.80. The first kappa shape index (κ1) is 11.2. The molecule has 1 aliphatic heterocycles. The van der Waals surface area contributed by atoms with E-state index in [4.69, 9.17) is 0 Å². The molecule has 0 aromatic rings. The Morgan fingerprint density at radius 1 is 1.15 bits per heavy atom. The van der Waals surface area contributed by atoms with Gasteiger partial charge in [-0.1, -0.05) is 19.0 Å². The minimum absolute atomic E-state index is 0.179. The normalized spacial score (nSPS) is 21.8. The summed E-state index contributed by atoms with van der Waals surface area (Å²) in [5.41, 5.74) is 0. The average Bonchev–Trinajstić information content (AvgIpc) is 2.04. The van der Waals surface area contributed by atoms with Gasteiger partial charge in [0.15, 0.2) is 0 Å². The molecule has 0 radical (unpaired) electrons. The molecule has 1 rings (SSSR count). The SMILES string of the molecule is O=S(=O)(N1CCCCC1)C(F)(F)S. The number of rotatable bonds is 2. The monoisotopic (exact) mass is 231 g/mol. The van der Waals surface area contributed by atoms with Gasteiger partial charge in [0.2, 0.25) is 0 Å². The summed E-state index contributed by atoms with van der Waals surface area (Å²) in [4.78, 5) is 0. The van der Waals surface area contributed by atoms with E-state index in [0.717, 1.165) is 10.7 Å². The summed E-state index contributed by atoms with van der Waals surface area (Å²) in [7, 11) is -4.54. The van der Waals surface area contributed by atoms with Crippen LogP contribution < -0.4 is 0 Å². The quantitative estimate of drug-likeness (QED) is 0.727. The van der Waals surface area contributed by atoms with Crippen molar-refractivity contribution in [3.05, 3.63) is 0 Å². The number of hydrogen-bond donors (Lipinski definition) is 1. The second-order valence-electron chi connectivity index (χ2n) is 2.95. The van der Waals surface area contributed by atoms with Gasteiger partial charge < -0.3 is 0 Å². The minimum Gasteiger partial charge on any atom is -0.205 e. The molecule has 1 heterocycles. The van der Waals surface area contributed by atoms with Crippen LogP contribution in [0.1, 0.15) is 19.3 Å². The standard InChI is InChI=1S/C6H11F2NO2S2/c7-6(8,12)13(10,11)9-4-2-1-3-5-9/h12H,1-5H2. The van der Waals surface area contributed by atoms with Gasteiger partial charge in [-0.2, -0.15) is 13.1 Å². The Labute approximate surface area is 81.6 Å². The van der Waals surface area contributed by atoms with Gasteiger partial charge in [0.25, 0.3) is 10.0 Å². The second kappa shape index (κ2) is 3.70. The molecule has 1 saturated heterocycles. The number of nitrogens with zero attached hydrogens (tertiary/aromatic N) is 1. The molecule has 0 aliphatic carbocycles. The molecule has 0 bridgehead atoms. The summed E-state index contributed by atoms with van der Waals surface area (Å²) in [6.45, 7) is 0.358. The Hall–Kier alpha value is 0.120. The maximum Gasteiger partial charge on any atom is 0.404 e. The zero-order valence-electron chi connectivity index (χ0n) is 6.91. The van der Waals surface area contributed by atoms with Gasteiger partial charge in [0.05, 0.1) is 0 Å². The summed E-state index contributed by atoms with van der Waals surface area (Å²) < 4.78 is 44.1. The maximum absolute atomic E-state index is 12.5. The van der Waals surface area contributed by atoms with Gasteiger partial charge in [-0.3, -0.25) is 0 Å². The van der Waals surface area contributed by atoms with Gasteiger partial charge >= 0.3 is 4.59 Å². The van der Waals surface area contributed by atoms with Crippen LogP contribution in [0, 0.1) is 0 Å². The van der Waals surface area contributed by atoms with Crippen LogP contribution in [0.2, 0.25) is 0 Å². The third kappa shape index (κ3) is 2.32. The second-order valence-corrected chi connectivity index (χ2v) is 5.79. The lowest BCUT2D eigenvalue weighted by Gasteiger charge is -2.27. The number of halogens is 2. The molecule has 0 spiro atoms. The maximum atomic E-state index is 12.5. The molecular weight excluding hydrogens is 220 g/mol. The molecule has 0 aromatic carbocycles. The van der Waals surface area contributed by atoms with E-state index in [2.05, 4.69) is 12.6 Å². The van der Waals surface area contributed by atoms with E-state index in [0.29, 0.717) is 12.8 Å². The van der Waals surface area contributed by atoms with Crippen molar-refractivity contribution in [3.8, 4) is 0 Å². The van der Waals surface area contributed by atoms with Crippen LogP contribution in [0.5, 0.6) is 0 Å². The average molecular weight is 231 g/mol. The number of hydrogen-bond acceptors (Lipinski definition) is 3. The highest BCUT2D eigenvalue weighted by Crippen LogP contribution is 2.30. The van der Waals surface area contributed by atoms with E-state index < -0.39 is 14.6 Å². The Morgan fingerprint density at radius 3 is 2.00 bits per heavy atom. The highest BCUT2D eigenvalue weighted by molar-refractivity contribution is 8.04. The van der Waals surface area contributed by atoms with Crippen LogP contribution in [0.3, 0.4) is 0 Å². The lowest BCUT2D eigenvalue weighted by atomic mass is 10.2. The summed E-state index contributed by atoms with van der Waals surface area (Å²) in [5.74, 6) is 0. The first-order chi connectivity index (χ1) is 5.86. The number of thiol groups is 1. The first-order valence-corrected chi connectivity index (χ1v) is 5.84. The van der Waals surface area contributed by atoms with Crippen LogP contribution in [0.25, 0.3) is 0 Å². The molecule has 0 atom stereocenters. The molecule has 1 fully saturated rings. The van der Waals surface area contributed by atoms with E-state index in [1.165, 1.54) is 0 Å². The van der Waals surface area contributed by atoms with Crippen LogP contribution in [-0.2, 0) is 10.0 Å². The van der Waals surface area contributed by atoms with E-state index >= 15 is 0 Å². The molecule has 3 nitrogen and oxygen atoms in total. The van der Waals surface area contributed by atoms with Gasteiger partial charge in [-0.25, -0.2) is 8.42 Å². The summed E-state index contributed by atoms with van der Waals surface area (Å²) >= 11 is 2.78. The predicted octanol–water partition coefficient (Wildman–Crippen LogP) is 1.28. The fraction of sp³-hybridized carbons (Fsp3) is 1.00. The lowest BCUT2D eigenvalue weighted by Crippen LogP contribution is -2.42. The highest BCUT2D eigenvalue weighted by Gasteiger charge is 2.45. The Morgan fingerprint density at radius 2 is 1.62 bits per heavy atom. The van der Waals surface area contributed by atoms with Crippen molar-refractivity contribution in [3.63, 3.8) is 0 Å².